The molecule has 1 fully saturated rings. The van der Waals surface area contributed by atoms with Gasteiger partial charge in [-0.15, -0.1) is 0 Å². The van der Waals surface area contributed by atoms with Gasteiger partial charge in [-0.2, -0.15) is 0 Å². The first-order valence-corrected chi connectivity index (χ1v) is 6.70. The summed E-state index contributed by atoms with van der Waals surface area (Å²) in [6.07, 6.45) is 2.62. The van der Waals surface area contributed by atoms with Gasteiger partial charge in [-0.05, 0) is 30.5 Å². The first-order chi connectivity index (χ1) is 8.08. The SMILES string of the molecule is CC(C)NCc1ccc(N(C)C2CC2)cc1Cl. The maximum atomic E-state index is 6.32. The van der Waals surface area contributed by atoms with Crippen LogP contribution >= 0.6 is 11.6 Å². The zero-order chi connectivity index (χ0) is 12.4. The summed E-state index contributed by atoms with van der Waals surface area (Å²) in [7, 11) is 2.15. The predicted octanol–water partition coefficient (Wildman–Crippen LogP) is 3.44. The van der Waals surface area contributed by atoms with Gasteiger partial charge in [0.25, 0.3) is 0 Å². The number of rotatable bonds is 5. The van der Waals surface area contributed by atoms with E-state index in [1.807, 2.05) is 0 Å². The number of benzene rings is 1. The molecule has 1 aliphatic rings. The number of nitrogens with one attached hydrogen (secondary N) is 1. The molecule has 0 atom stereocenters. The molecule has 0 saturated heterocycles. The van der Waals surface area contributed by atoms with Gasteiger partial charge in [-0.1, -0.05) is 31.5 Å². The Labute approximate surface area is 109 Å². The average molecular weight is 253 g/mol. The van der Waals surface area contributed by atoms with Gasteiger partial charge in [0.15, 0.2) is 0 Å². The molecule has 2 rings (SSSR count). The van der Waals surface area contributed by atoms with Crippen molar-refractivity contribution in [2.45, 2.75) is 45.3 Å². The Kier molecular flexibility index (Phi) is 3.95. The Bertz CT molecular complexity index is 386. The van der Waals surface area contributed by atoms with Gasteiger partial charge in [0.2, 0.25) is 0 Å². The minimum absolute atomic E-state index is 0.486. The van der Waals surface area contributed by atoms with Gasteiger partial charge < -0.3 is 10.2 Å². The largest absolute Gasteiger partial charge is 0.372 e. The Hall–Kier alpha value is -0.730. The standard InChI is InChI=1S/C14H21ClN2/c1-10(2)16-9-11-4-5-13(8-14(11)15)17(3)12-6-7-12/h4-5,8,10,12,16H,6-7,9H2,1-3H3. The number of anilines is 1. The van der Waals surface area contributed by atoms with Crippen LogP contribution in [0, 0.1) is 0 Å². The van der Waals surface area contributed by atoms with Crippen LogP contribution in [0.4, 0.5) is 5.69 Å². The van der Waals surface area contributed by atoms with Crippen LogP contribution in [-0.2, 0) is 6.54 Å². The minimum Gasteiger partial charge on any atom is -0.372 e. The highest BCUT2D eigenvalue weighted by Gasteiger charge is 2.26. The van der Waals surface area contributed by atoms with Gasteiger partial charge in [0.05, 0.1) is 0 Å². The number of nitrogens with zero attached hydrogens (tertiary/aromatic N) is 1. The number of hydrogen-bond donors (Lipinski definition) is 1. The lowest BCUT2D eigenvalue weighted by molar-refractivity contribution is 0.589. The summed E-state index contributed by atoms with van der Waals surface area (Å²) in [5, 5.41) is 4.25. The molecule has 0 bridgehead atoms. The lowest BCUT2D eigenvalue weighted by Gasteiger charge is -2.20. The second-order valence-corrected chi connectivity index (χ2v) is 5.56. The lowest BCUT2D eigenvalue weighted by atomic mass is 10.2. The molecule has 2 nitrogen and oxygen atoms in total. The van der Waals surface area contributed by atoms with E-state index in [2.05, 4.69) is 49.3 Å². The molecule has 1 aromatic carbocycles. The van der Waals surface area contributed by atoms with Gasteiger partial charge in [0.1, 0.15) is 0 Å². The van der Waals surface area contributed by atoms with E-state index in [-0.39, 0.29) is 0 Å². The maximum absolute atomic E-state index is 6.32. The monoisotopic (exact) mass is 252 g/mol. The van der Waals surface area contributed by atoms with Crippen molar-refractivity contribution in [2.24, 2.45) is 0 Å². The summed E-state index contributed by atoms with van der Waals surface area (Å²) in [5.41, 5.74) is 2.40. The van der Waals surface area contributed by atoms with E-state index < -0.39 is 0 Å². The van der Waals surface area contributed by atoms with E-state index in [4.69, 9.17) is 11.6 Å². The molecular formula is C14H21ClN2. The van der Waals surface area contributed by atoms with Gasteiger partial charge >= 0.3 is 0 Å². The van der Waals surface area contributed by atoms with Crippen LogP contribution in [0.3, 0.4) is 0 Å². The van der Waals surface area contributed by atoms with Crippen LogP contribution in [-0.4, -0.2) is 19.1 Å². The fourth-order valence-corrected chi connectivity index (χ4v) is 2.13. The van der Waals surface area contributed by atoms with Crippen molar-refractivity contribution in [1.82, 2.24) is 5.32 Å². The van der Waals surface area contributed by atoms with E-state index in [1.165, 1.54) is 24.1 Å². The Morgan fingerprint density at radius 2 is 2.12 bits per heavy atom. The molecule has 0 heterocycles. The Morgan fingerprint density at radius 1 is 1.41 bits per heavy atom. The molecular weight excluding hydrogens is 232 g/mol. The van der Waals surface area contributed by atoms with Crippen LogP contribution < -0.4 is 10.2 Å². The smallest absolute Gasteiger partial charge is 0.0471 e. The molecule has 0 amide bonds. The zero-order valence-corrected chi connectivity index (χ0v) is 11.6. The zero-order valence-electron chi connectivity index (χ0n) is 10.8. The molecule has 0 unspecified atom stereocenters. The summed E-state index contributed by atoms with van der Waals surface area (Å²) in [4.78, 5) is 2.32. The minimum atomic E-state index is 0.486. The topological polar surface area (TPSA) is 15.3 Å². The van der Waals surface area contributed by atoms with Gasteiger partial charge in [-0.25, -0.2) is 0 Å². The van der Waals surface area contributed by atoms with Crippen LogP contribution in [0.5, 0.6) is 0 Å². The molecule has 0 radical (unpaired) electrons. The van der Waals surface area contributed by atoms with E-state index in [0.717, 1.165) is 17.6 Å². The highest BCUT2D eigenvalue weighted by molar-refractivity contribution is 6.31. The fraction of sp³-hybridized carbons (Fsp3) is 0.571. The normalized spacial score (nSPS) is 15.4. The van der Waals surface area contributed by atoms with Crippen molar-refractivity contribution in [1.29, 1.82) is 0 Å². The number of hydrogen-bond acceptors (Lipinski definition) is 2. The van der Waals surface area contributed by atoms with Crippen LogP contribution in [0.1, 0.15) is 32.3 Å². The third-order valence-corrected chi connectivity index (χ3v) is 3.59. The van der Waals surface area contributed by atoms with Crippen LogP contribution in [0.2, 0.25) is 5.02 Å². The van der Waals surface area contributed by atoms with Crippen molar-refractivity contribution in [2.75, 3.05) is 11.9 Å². The molecule has 0 spiro atoms. The first-order valence-electron chi connectivity index (χ1n) is 6.32. The second kappa shape index (κ2) is 5.28. The second-order valence-electron chi connectivity index (χ2n) is 5.15. The summed E-state index contributed by atoms with van der Waals surface area (Å²) >= 11 is 6.32. The lowest BCUT2D eigenvalue weighted by Crippen LogP contribution is -2.22. The highest BCUT2D eigenvalue weighted by Crippen LogP contribution is 2.32. The molecule has 1 N–H and O–H groups in total. The quantitative estimate of drug-likeness (QED) is 0.864. The van der Waals surface area contributed by atoms with Crippen molar-refractivity contribution >= 4 is 17.3 Å². The third-order valence-electron chi connectivity index (χ3n) is 3.24. The van der Waals surface area contributed by atoms with Crippen LogP contribution in [0.25, 0.3) is 0 Å². The van der Waals surface area contributed by atoms with Crippen molar-refractivity contribution in [3.8, 4) is 0 Å². The van der Waals surface area contributed by atoms with Gasteiger partial charge in [-0.3, -0.25) is 0 Å². The molecule has 1 saturated carbocycles. The van der Waals surface area contributed by atoms with Gasteiger partial charge in [0, 0.05) is 36.4 Å². The first kappa shape index (κ1) is 12.7. The van der Waals surface area contributed by atoms with Crippen molar-refractivity contribution in [3.05, 3.63) is 28.8 Å². The predicted molar refractivity (Wildman–Crippen MR) is 74.9 cm³/mol. The molecule has 94 valence electrons. The summed E-state index contributed by atoms with van der Waals surface area (Å²) < 4.78 is 0. The third kappa shape index (κ3) is 3.36. The Balaban J connectivity index is 2.05. The van der Waals surface area contributed by atoms with E-state index >= 15 is 0 Å². The molecule has 1 aromatic rings. The summed E-state index contributed by atoms with van der Waals surface area (Å²) in [6, 6.07) is 7.59. The number of halogens is 1. The van der Waals surface area contributed by atoms with E-state index in [9.17, 15) is 0 Å². The summed E-state index contributed by atoms with van der Waals surface area (Å²) in [5.74, 6) is 0. The van der Waals surface area contributed by atoms with E-state index in [0.29, 0.717) is 6.04 Å². The van der Waals surface area contributed by atoms with Crippen molar-refractivity contribution in [3.63, 3.8) is 0 Å². The maximum Gasteiger partial charge on any atom is 0.0471 e. The average Bonchev–Trinajstić information content (AvgIpc) is 3.10. The molecule has 0 aliphatic heterocycles. The fourth-order valence-electron chi connectivity index (χ4n) is 1.89. The van der Waals surface area contributed by atoms with Crippen LogP contribution in [0.15, 0.2) is 18.2 Å². The Morgan fingerprint density at radius 3 is 2.65 bits per heavy atom. The molecule has 17 heavy (non-hydrogen) atoms. The van der Waals surface area contributed by atoms with Crippen molar-refractivity contribution < 1.29 is 0 Å². The summed E-state index contributed by atoms with van der Waals surface area (Å²) in [6.45, 7) is 5.12. The van der Waals surface area contributed by atoms with E-state index in [1.54, 1.807) is 0 Å². The molecule has 3 heteroatoms. The molecule has 0 aromatic heterocycles. The molecule has 1 aliphatic carbocycles. The highest BCUT2D eigenvalue weighted by atomic mass is 35.5.